The van der Waals surface area contributed by atoms with Crippen LogP contribution in [0.5, 0.6) is 0 Å². The molecule has 25 heavy (non-hydrogen) atoms. The molecule has 4 heteroatoms. The Hall–Kier alpha value is -2.20. The van der Waals surface area contributed by atoms with Crippen LogP contribution in [-0.2, 0) is 15.9 Å². The monoisotopic (exact) mass is 339 g/mol. The van der Waals surface area contributed by atoms with Gasteiger partial charge in [-0.1, -0.05) is 18.7 Å². The largest absolute Gasteiger partial charge is 0.492 e. The third kappa shape index (κ3) is 2.85. The number of ether oxygens (including phenoxy) is 2. The van der Waals surface area contributed by atoms with Gasteiger partial charge in [0.15, 0.2) is 0 Å². The minimum Gasteiger partial charge on any atom is -0.492 e. The maximum Gasteiger partial charge on any atom is 0.137 e. The van der Waals surface area contributed by atoms with E-state index >= 15 is 0 Å². The van der Waals surface area contributed by atoms with Gasteiger partial charge < -0.3 is 9.47 Å². The van der Waals surface area contributed by atoms with Crippen molar-refractivity contribution in [2.75, 3.05) is 6.61 Å². The molecule has 2 atom stereocenters. The van der Waals surface area contributed by atoms with Crippen molar-refractivity contribution in [3.63, 3.8) is 0 Å². The van der Waals surface area contributed by atoms with E-state index in [1.165, 1.54) is 0 Å². The van der Waals surface area contributed by atoms with Gasteiger partial charge in [-0.15, -0.1) is 0 Å². The third-order valence-corrected chi connectivity index (χ3v) is 5.02. The molecule has 1 fully saturated rings. The summed E-state index contributed by atoms with van der Waals surface area (Å²) in [6, 6.07) is 7.28. The topological polar surface area (TPSA) is 31.4 Å². The number of hydrogen-bond donors (Lipinski definition) is 0. The first-order valence-corrected chi connectivity index (χ1v) is 8.84. The number of aryl methyl sites for hydroxylation is 1. The maximum absolute atomic E-state index is 14.7. The van der Waals surface area contributed by atoms with Crippen molar-refractivity contribution < 1.29 is 13.9 Å². The zero-order valence-electron chi connectivity index (χ0n) is 14.6. The van der Waals surface area contributed by atoms with E-state index in [9.17, 15) is 4.39 Å². The van der Waals surface area contributed by atoms with E-state index in [-0.39, 0.29) is 18.0 Å². The highest BCUT2D eigenvalue weighted by Crippen LogP contribution is 2.44. The number of fused-ring (bicyclic) bond motifs is 4. The number of benzene rings is 1. The molecule has 2 aromatic rings. The number of nitrogens with zero attached hydrogens (tertiary/aromatic N) is 1. The Morgan fingerprint density at radius 3 is 2.92 bits per heavy atom. The number of rotatable bonds is 4. The van der Waals surface area contributed by atoms with Crippen LogP contribution in [-0.4, -0.2) is 17.7 Å². The quantitative estimate of drug-likeness (QED) is 0.736. The number of hydrogen-bond acceptors (Lipinski definition) is 3. The van der Waals surface area contributed by atoms with Crippen molar-refractivity contribution in [3.05, 3.63) is 59.2 Å². The fourth-order valence-corrected chi connectivity index (χ4v) is 3.83. The molecule has 3 nitrogen and oxygen atoms in total. The number of pyridine rings is 1. The average Bonchev–Trinajstić information content (AvgIpc) is 2.97. The summed E-state index contributed by atoms with van der Waals surface area (Å²) in [7, 11) is 0. The van der Waals surface area contributed by atoms with E-state index in [1.54, 1.807) is 6.07 Å². The fraction of sp³-hybridized carbons (Fsp3) is 0.381. The Morgan fingerprint density at radius 2 is 2.16 bits per heavy atom. The van der Waals surface area contributed by atoms with Gasteiger partial charge >= 0.3 is 0 Å². The van der Waals surface area contributed by atoms with Gasteiger partial charge in [0, 0.05) is 12.0 Å². The molecule has 4 rings (SSSR count). The van der Waals surface area contributed by atoms with Gasteiger partial charge in [0.1, 0.15) is 23.4 Å². The predicted molar refractivity (Wildman–Crippen MR) is 95.6 cm³/mol. The van der Waals surface area contributed by atoms with Gasteiger partial charge in [0.05, 0.1) is 18.4 Å². The molecule has 0 saturated carbocycles. The average molecular weight is 339 g/mol. The van der Waals surface area contributed by atoms with Gasteiger partial charge in [-0.3, -0.25) is 0 Å². The number of aromatic nitrogens is 1. The van der Waals surface area contributed by atoms with Gasteiger partial charge in [0.2, 0.25) is 0 Å². The standard InChI is InChI=1S/C21H22FNO2/c1-4-24-13(3)19-11-16(15-7-5-12(2)9-18(15)22)17-10-14-6-8-20(25-14)21(17)23-19/h5,7,9,11,14,20H,3-4,6,8,10H2,1-2H3. The van der Waals surface area contributed by atoms with Crippen LogP contribution in [0.3, 0.4) is 0 Å². The molecule has 2 unspecified atom stereocenters. The maximum atomic E-state index is 14.7. The molecule has 1 aromatic heterocycles. The summed E-state index contributed by atoms with van der Waals surface area (Å²) >= 11 is 0. The molecule has 2 bridgehead atoms. The molecular formula is C21H22FNO2. The second-order valence-electron chi connectivity index (χ2n) is 6.79. The lowest BCUT2D eigenvalue weighted by Crippen LogP contribution is -2.21. The molecule has 130 valence electrons. The zero-order chi connectivity index (χ0) is 17.6. The molecule has 2 aliphatic heterocycles. The van der Waals surface area contributed by atoms with Crippen LogP contribution in [0.2, 0.25) is 0 Å². The molecule has 0 aliphatic carbocycles. The van der Waals surface area contributed by atoms with Crippen LogP contribution < -0.4 is 0 Å². The van der Waals surface area contributed by atoms with Gasteiger partial charge in [-0.25, -0.2) is 9.37 Å². The van der Waals surface area contributed by atoms with Gasteiger partial charge in [-0.2, -0.15) is 0 Å². The highest BCUT2D eigenvalue weighted by atomic mass is 19.1. The van der Waals surface area contributed by atoms with Crippen LogP contribution in [0.15, 0.2) is 30.8 Å². The van der Waals surface area contributed by atoms with Gasteiger partial charge in [-0.05, 0) is 55.5 Å². The molecule has 1 aromatic carbocycles. The van der Waals surface area contributed by atoms with Crippen molar-refractivity contribution in [3.8, 4) is 11.1 Å². The Bertz CT molecular complexity index is 846. The summed E-state index contributed by atoms with van der Waals surface area (Å²) in [6.45, 7) is 8.30. The van der Waals surface area contributed by atoms with Crippen LogP contribution >= 0.6 is 0 Å². The first-order chi connectivity index (χ1) is 12.1. The minimum atomic E-state index is -0.208. The SMILES string of the molecule is C=C(OCC)c1cc(-c2ccc(C)cc2F)c2c(n1)C1CCC(C2)O1. The van der Waals surface area contributed by atoms with Crippen LogP contribution in [0.25, 0.3) is 16.9 Å². The summed E-state index contributed by atoms with van der Waals surface area (Å²) in [5.74, 6) is 0.305. The normalized spacial score (nSPS) is 21.1. The summed E-state index contributed by atoms with van der Waals surface area (Å²) in [6.07, 6.45) is 2.98. The van der Waals surface area contributed by atoms with Crippen molar-refractivity contribution in [1.82, 2.24) is 4.98 Å². The predicted octanol–water partition coefficient (Wildman–Crippen LogP) is 4.98. The van der Waals surface area contributed by atoms with E-state index in [0.717, 1.165) is 41.6 Å². The summed E-state index contributed by atoms with van der Waals surface area (Å²) in [5.41, 5.74) is 5.09. The summed E-state index contributed by atoms with van der Waals surface area (Å²) in [4.78, 5) is 4.77. The molecular weight excluding hydrogens is 317 g/mol. The summed E-state index contributed by atoms with van der Waals surface area (Å²) in [5, 5.41) is 0. The second kappa shape index (κ2) is 6.26. The Kier molecular flexibility index (Phi) is 4.08. The summed E-state index contributed by atoms with van der Waals surface area (Å²) < 4.78 is 26.3. The van der Waals surface area contributed by atoms with Crippen LogP contribution in [0.1, 0.15) is 48.4 Å². The highest BCUT2D eigenvalue weighted by Gasteiger charge is 2.37. The lowest BCUT2D eigenvalue weighted by atomic mass is 9.91. The van der Waals surface area contributed by atoms with E-state index < -0.39 is 0 Å². The Balaban J connectivity index is 1.91. The molecule has 0 N–H and O–H groups in total. The van der Waals surface area contributed by atoms with E-state index in [1.807, 2.05) is 32.0 Å². The lowest BCUT2D eigenvalue weighted by Gasteiger charge is -2.26. The molecule has 0 radical (unpaired) electrons. The zero-order valence-corrected chi connectivity index (χ0v) is 14.6. The molecule has 0 spiro atoms. The number of halogens is 1. The second-order valence-corrected chi connectivity index (χ2v) is 6.79. The fourth-order valence-electron chi connectivity index (χ4n) is 3.83. The van der Waals surface area contributed by atoms with E-state index in [4.69, 9.17) is 14.5 Å². The van der Waals surface area contributed by atoms with E-state index in [0.29, 0.717) is 23.6 Å². The Morgan fingerprint density at radius 1 is 1.32 bits per heavy atom. The minimum absolute atomic E-state index is 0.00427. The van der Waals surface area contributed by atoms with Crippen molar-refractivity contribution >= 4 is 5.76 Å². The molecule has 3 heterocycles. The smallest absolute Gasteiger partial charge is 0.137 e. The van der Waals surface area contributed by atoms with Crippen molar-refractivity contribution in [2.24, 2.45) is 0 Å². The molecule has 2 aliphatic rings. The van der Waals surface area contributed by atoms with Crippen LogP contribution in [0, 0.1) is 12.7 Å². The van der Waals surface area contributed by atoms with Crippen molar-refractivity contribution in [2.45, 2.75) is 45.3 Å². The lowest BCUT2D eigenvalue weighted by molar-refractivity contribution is 0.0295. The van der Waals surface area contributed by atoms with Crippen molar-refractivity contribution in [1.29, 1.82) is 0 Å². The Labute approximate surface area is 147 Å². The highest BCUT2D eigenvalue weighted by molar-refractivity contribution is 5.73. The first kappa shape index (κ1) is 16.3. The molecule has 0 amide bonds. The molecule has 1 saturated heterocycles. The van der Waals surface area contributed by atoms with Gasteiger partial charge in [0.25, 0.3) is 0 Å². The first-order valence-electron chi connectivity index (χ1n) is 8.84. The third-order valence-electron chi connectivity index (χ3n) is 5.02. The van der Waals surface area contributed by atoms with E-state index in [2.05, 4.69) is 6.58 Å². The van der Waals surface area contributed by atoms with Crippen LogP contribution in [0.4, 0.5) is 4.39 Å².